The maximum atomic E-state index is 10.3. The Morgan fingerprint density at radius 2 is 2.25 bits per heavy atom. The Kier molecular flexibility index (Phi) is 2.30. The number of rotatable bonds is 2. The number of nitrogens with two attached hydrogens (primary N) is 2. The lowest BCUT2D eigenvalue weighted by Crippen LogP contribution is -2.50. The molecule has 0 aliphatic heterocycles. The highest BCUT2D eigenvalue weighted by molar-refractivity contribution is 7.80. The van der Waals surface area contributed by atoms with Gasteiger partial charge in [-0.15, -0.1) is 0 Å². The lowest BCUT2D eigenvalue weighted by Gasteiger charge is -2.15. The molecule has 1 atom stereocenters. The molecular weight excluding hydrogens is 124 g/mol. The van der Waals surface area contributed by atoms with E-state index in [4.69, 9.17) is 11.5 Å². The highest BCUT2D eigenvalue weighted by atomic mass is 32.1. The predicted molar refractivity (Wildman–Crippen MR) is 35.6 cm³/mol. The van der Waals surface area contributed by atoms with Gasteiger partial charge in [-0.2, -0.15) is 12.6 Å². The second-order valence-corrected chi connectivity index (χ2v) is 2.26. The summed E-state index contributed by atoms with van der Waals surface area (Å²) >= 11 is 3.81. The zero-order chi connectivity index (χ0) is 6.78. The van der Waals surface area contributed by atoms with Crippen molar-refractivity contribution in [3.05, 3.63) is 0 Å². The van der Waals surface area contributed by atoms with Crippen molar-refractivity contribution in [1.29, 1.82) is 0 Å². The second-order valence-electron chi connectivity index (χ2n) is 1.94. The molecule has 0 rings (SSSR count). The highest BCUT2D eigenvalue weighted by Crippen LogP contribution is 1.98. The molecule has 4 heteroatoms. The third kappa shape index (κ3) is 1.71. The van der Waals surface area contributed by atoms with Crippen molar-refractivity contribution in [2.75, 3.05) is 5.75 Å². The van der Waals surface area contributed by atoms with Crippen LogP contribution in [0.4, 0.5) is 0 Å². The van der Waals surface area contributed by atoms with Crippen LogP contribution in [0.3, 0.4) is 0 Å². The van der Waals surface area contributed by atoms with Crippen LogP contribution in [0.2, 0.25) is 0 Å². The Labute approximate surface area is 53.8 Å². The largest absolute Gasteiger partial charge is 0.368 e. The highest BCUT2D eigenvalue weighted by Gasteiger charge is 2.22. The number of hydrogen-bond donors (Lipinski definition) is 3. The van der Waals surface area contributed by atoms with E-state index in [0.29, 0.717) is 0 Å². The first-order valence-electron chi connectivity index (χ1n) is 2.20. The van der Waals surface area contributed by atoms with Gasteiger partial charge in [-0.1, -0.05) is 0 Å². The topological polar surface area (TPSA) is 69.1 Å². The minimum atomic E-state index is -0.955. The van der Waals surface area contributed by atoms with E-state index in [-0.39, 0.29) is 5.75 Å². The van der Waals surface area contributed by atoms with Crippen molar-refractivity contribution in [3.63, 3.8) is 0 Å². The van der Waals surface area contributed by atoms with E-state index in [9.17, 15) is 4.79 Å². The monoisotopic (exact) mass is 134 g/mol. The molecule has 1 amide bonds. The van der Waals surface area contributed by atoms with Gasteiger partial charge < -0.3 is 11.5 Å². The first-order valence-corrected chi connectivity index (χ1v) is 2.83. The molecule has 4 N–H and O–H groups in total. The predicted octanol–water partition coefficient (Wildman–Crippen LogP) is -0.881. The fraction of sp³-hybridized carbons (Fsp3) is 0.750. The van der Waals surface area contributed by atoms with E-state index in [2.05, 4.69) is 12.6 Å². The van der Waals surface area contributed by atoms with Crippen molar-refractivity contribution >= 4 is 18.5 Å². The molecule has 0 aliphatic rings. The lowest BCUT2D eigenvalue weighted by molar-refractivity contribution is -0.121. The van der Waals surface area contributed by atoms with E-state index in [1.54, 1.807) is 6.92 Å². The van der Waals surface area contributed by atoms with Gasteiger partial charge in [-0.05, 0) is 6.92 Å². The fourth-order valence-electron chi connectivity index (χ4n) is 0.0779. The number of carbonyl (C=O) groups is 1. The smallest absolute Gasteiger partial charge is 0.238 e. The molecule has 48 valence electrons. The van der Waals surface area contributed by atoms with Crippen molar-refractivity contribution in [1.82, 2.24) is 0 Å². The lowest BCUT2D eigenvalue weighted by atomic mass is 10.1. The Morgan fingerprint density at radius 1 is 1.88 bits per heavy atom. The van der Waals surface area contributed by atoms with Gasteiger partial charge in [0.15, 0.2) is 0 Å². The molecule has 0 aromatic rings. The summed E-state index contributed by atoms with van der Waals surface area (Å²) in [4.78, 5) is 10.3. The van der Waals surface area contributed by atoms with Crippen molar-refractivity contribution in [3.8, 4) is 0 Å². The average molecular weight is 134 g/mol. The number of amides is 1. The van der Waals surface area contributed by atoms with Crippen LogP contribution < -0.4 is 11.5 Å². The minimum absolute atomic E-state index is 0.280. The summed E-state index contributed by atoms with van der Waals surface area (Å²) in [6, 6.07) is 0. The number of hydrogen-bond acceptors (Lipinski definition) is 3. The SMILES string of the molecule is C[C@@](N)(CS)C(N)=O. The molecule has 0 aromatic carbocycles. The molecule has 0 spiro atoms. The first kappa shape index (κ1) is 7.78. The molecule has 3 nitrogen and oxygen atoms in total. The third-order valence-corrected chi connectivity index (χ3v) is 1.55. The summed E-state index contributed by atoms with van der Waals surface area (Å²) < 4.78 is 0. The molecule has 0 radical (unpaired) electrons. The van der Waals surface area contributed by atoms with Crippen LogP contribution >= 0.6 is 12.6 Å². The Bertz CT molecular complexity index is 102. The van der Waals surface area contributed by atoms with Crippen molar-refractivity contribution in [2.24, 2.45) is 11.5 Å². The van der Waals surface area contributed by atoms with Gasteiger partial charge in [-0.25, -0.2) is 0 Å². The summed E-state index contributed by atoms with van der Waals surface area (Å²) in [7, 11) is 0. The van der Waals surface area contributed by atoms with E-state index in [1.165, 1.54) is 0 Å². The van der Waals surface area contributed by atoms with Gasteiger partial charge >= 0.3 is 0 Å². The van der Waals surface area contributed by atoms with Crippen LogP contribution in [0, 0.1) is 0 Å². The van der Waals surface area contributed by atoms with Gasteiger partial charge in [0.2, 0.25) is 5.91 Å². The molecule has 0 aromatic heterocycles. The van der Waals surface area contributed by atoms with E-state index in [0.717, 1.165) is 0 Å². The van der Waals surface area contributed by atoms with Crippen LogP contribution in [0.5, 0.6) is 0 Å². The fourth-order valence-corrected chi connectivity index (χ4v) is 0.234. The summed E-state index contributed by atoms with van der Waals surface area (Å²) in [5, 5.41) is 0. The van der Waals surface area contributed by atoms with Crippen molar-refractivity contribution in [2.45, 2.75) is 12.5 Å². The molecule has 0 saturated heterocycles. The first-order chi connectivity index (χ1) is 3.50. The van der Waals surface area contributed by atoms with Crippen LogP contribution in [0.25, 0.3) is 0 Å². The van der Waals surface area contributed by atoms with Gasteiger partial charge in [0, 0.05) is 5.75 Å². The maximum Gasteiger partial charge on any atom is 0.238 e. The molecule has 0 aliphatic carbocycles. The molecule has 0 fully saturated rings. The Hall–Kier alpha value is -0.220. The molecule has 0 bridgehead atoms. The second kappa shape index (κ2) is 2.37. The number of carbonyl (C=O) groups excluding carboxylic acids is 1. The van der Waals surface area contributed by atoms with Gasteiger partial charge in [-0.3, -0.25) is 4.79 Å². The molecule has 8 heavy (non-hydrogen) atoms. The van der Waals surface area contributed by atoms with Crippen LogP contribution in [0.15, 0.2) is 0 Å². The number of primary amides is 1. The Morgan fingerprint density at radius 3 is 2.25 bits per heavy atom. The summed E-state index contributed by atoms with van der Waals surface area (Å²) in [5.41, 5.74) is 9.22. The molecule has 0 saturated carbocycles. The van der Waals surface area contributed by atoms with E-state index >= 15 is 0 Å². The normalized spacial score (nSPS) is 17.4. The number of thiol groups is 1. The molecular formula is C4H10N2OS. The van der Waals surface area contributed by atoms with Crippen LogP contribution in [-0.4, -0.2) is 17.2 Å². The third-order valence-electron chi connectivity index (χ3n) is 0.891. The van der Waals surface area contributed by atoms with Gasteiger partial charge in [0.05, 0.1) is 0 Å². The van der Waals surface area contributed by atoms with Crippen molar-refractivity contribution < 1.29 is 4.79 Å². The quantitative estimate of drug-likeness (QED) is 0.429. The molecule has 0 unspecified atom stereocenters. The summed E-state index contributed by atoms with van der Waals surface area (Å²) in [5.74, 6) is -0.241. The average Bonchev–Trinajstić information content (AvgIpc) is 1.67. The summed E-state index contributed by atoms with van der Waals surface area (Å²) in [6.45, 7) is 1.54. The Balaban J connectivity index is 3.91. The van der Waals surface area contributed by atoms with Gasteiger partial charge in [0.25, 0.3) is 0 Å². The standard InChI is InChI=1S/C4H10N2OS/c1-4(6,2-8)3(5)7/h8H,2,6H2,1H3,(H2,5,7)/t4-/m1/s1. The van der Waals surface area contributed by atoms with E-state index < -0.39 is 11.4 Å². The molecule has 0 heterocycles. The van der Waals surface area contributed by atoms with Crippen LogP contribution in [0.1, 0.15) is 6.92 Å². The zero-order valence-corrected chi connectivity index (χ0v) is 5.61. The zero-order valence-electron chi connectivity index (χ0n) is 4.72. The van der Waals surface area contributed by atoms with Gasteiger partial charge in [0.1, 0.15) is 5.54 Å². The minimum Gasteiger partial charge on any atom is -0.368 e. The van der Waals surface area contributed by atoms with Crippen LogP contribution in [-0.2, 0) is 4.79 Å². The summed E-state index contributed by atoms with van der Waals surface area (Å²) in [6.07, 6.45) is 0. The maximum absolute atomic E-state index is 10.3. The van der Waals surface area contributed by atoms with E-state index in [1.807, 2.05) is 0 Å².